The summed E-state index contributed by atoms with van der Waals surface area (Å²) in [5, 5.41) is 39.3. The number of aliphatic hydroxyl groups is 4. The van der Waals surface area contributed by atoms with Crippen LogP contribution in [0.15, 0.2) is 30.3 Å². The Kier molecular flexibility index (Phi) is 4.54. The molecule has 0 amide bonds. The van der Waals surface area contributed by atoms with Crippen LogP contribution in [0.1, 0.15) is 25.0 Å². The highest BCUT2D eigenvalue weighted by atomic mass is 16.5. The van der Waals surface area contributed by atoms with Gasteiger partial charge in [0.05, 0.1) is 18.3 Å². The van der Waals surface area contributed by atoms with Crippen molar-refractivity contribution < 1.29 is 25.2 Å². The molecule has 0 saturated carbocycles. The fraction of sp³-hybridized carbons (Fsp3) is 0.571. The lowest BCUT2D eigenvalue weighted by Crippen LogP contribution is -2.56. The van der Waals surface area contributed by atoms with E-state index in [4.69, 9.17) is 4.74 Å². The normalized spacial score (nSPS) is 37.0. The fourth-order valence-corrected chi connectivity index (χ4v) is 2.36. The lowest BCUT2D eigenvalue weighted by atomic mass is 9.91. The van der Waals surface area contributed by atoms with Crippen molar-refractivity contribution in [3.63, 3.8) is 0 Å². The van der Waals surface area contributed by atoms with Crippen molar-refractivity contribution >= 4 is 0 Å². The standard InChI is InChI=1S/C14H20O5/c1-8-12(16)14(18)13(17)11(19-8)7-10(15)9-5-3-2-4-6-9/h2-6,8,10-18H,7H2,1H3/t8-,10?,11+,12+,13+,14+/m0/s1. The Hall–Kier alpha value is -0.980. The first-order valence-corrected chi connectivity index (χ1v) is 6.43. The SMILES string of the molecule is C[C@@H]1O[C@H](CC(O)c2ccccc2)[C@@H](O)[C@H](O)[C@@H]1O. The summed E-state index contributed by atoms with van der Waals surface area (Å²) in [6, 6.07) is 9.06. The molecule has 5 heteroatoms. The van der Waals surface area contributed by atoms with Crippen LogP contribution >= 0.6 is 0 Å². The molecule has 19 heavy (non-hydrogen) atoms. The van der Waals surface area contributed by atoms with Crippen molar-refractivity contribution in [2.75, 3.05) is 0 Å². The third-order valence-electron chi connectivity index (χ3n) is 3.59. The molecule has 4 N–H and O–H groups in total. The van der Waals surface area contributed by atoms with Crippen LogP contribution < -0.4 is 0 Å². The van der Waals surface area contributed by atoms with E-state index in [1.165, 1.54) is 0 Å². The van der Waals surface area contributed by atoms with Crippen LogP contribution in [0.2, 0.25) is 0 Å². The Balaban J connectivity index is 2.02. The van der Waals surface area contributed by atoms with E-state index in [2.05, 4.69) is 0 Å². The molecule has 6 atom stereocenters. The molecule has 106 valence electrons. The molecule has 1 fully saturated rings. The molecular formula is C14H20O5. The maximum absolute atomic E-state index is 10.1. The monoisotopic (exact) mass is 268 g/mol. The van der Waals surface area contributed by atoms with Crippen LogP contribution in [0.3, 0.4) is 0 Å². The zero-order chi connectivity index (χ0) is 14.0. The van der Waals surface area contributed by atoms with Gasteiger partial charge in [-0.1, -0.05) is 30.3 Å². The van der Waals surface area contributed by atoms with Gasteiger partial charge in [0.15, 0.2) is 0 Å². The molecule has 5 nitrogen and oxygen atoms in total. The topological polar surface area (TPSA) is 90.2 Å². The molecule has 0 spiro atoms. The van der Waals surface area contributed by atoms with Crippen molar-refractivity contribution in [1.29, 1.82) is 0 Å². The van der Waals surface area contributed by atoms with Crippen LogP contribution in [-0.4, -0.2) is 50.9 Å². The molecule has 1 aliphatic heterocycles. The lowest BCUT2D eigenvalue weighted by Gasteiger charge is -2.40. The Morgan fingerprint density at radius 2 is 1.68 bits per heavy atom. The summed E-state index contributed by atoms with van der Waals surface area (Å²) in [6.07, 6.45) is -5.47. The van der Waals surface area contributed by atoms with Crippen LogP contribution in [0.25, 0.3) is 0 Å². The number of ether oxygens (including phenoxy) is 1. The van der Waals surface area contributed by atoms with Gasteiger partial charge in [-0.25, -0.2) is 0 Å². The summed E-state index contributed by atoms with van der Waals surface area (Å²) in [4.78, 5) is 0. The summed E-state index contributed by atoms with van der Waals surface area (Å²) in [5.41, 5.74) is 0.728. The second-order valence-electron chi connectivity index (χ2n) is 5.01. The van der Waals surface area contributed by atoms with Crippen molar-refractivity contribution in [2.24, 2.45) is 0 Å². The van der Waals surface area contributed by atoms with Gasteiger partial charge in [0.2, 0.25) is 0 Å². The predicted octanol–water partition coefficient (Wildman–Crippen LogP) is -0.0199. The van der Waals surface area contributed by atoms with Crippen LogP contribution in [0.4, 0.5) is 0 Å². The molecule has 1 unspecified atom stereocenters. The third kappa shape index (κ3) is 3.13. The zero-order valence-corrected chi connectivity index (χ0v) is 10.8. The first-order valence-electron chi connectivity index (χ1n) is 6.43. The second kappa shape index (κ2) is 5.98. The van der Waals surface area contributed by atoms with Crippen LogP contribution in [0.5, 0.6) is 0 Å². The van der Waals surface area contributed by atoms with Gasteiger partial charge in [-0.05, 0) is 12.5 Å². The van der Waals surface area contributed by atoms with E-state index in [1.807, 2.05) is 18.2 Å². The van der Waals surface area contributed by atoms with Crippen molar-refractivity contribution in [3.8, 4) is 0 Å². The Morgan fingerprint density at radius 1 is 1.05 bits per heavy atom. The molecule has 1 aliphatic rings. The van der Waals surface area contributed by atoms with Gasteiger partial charge in [-0.2, -0.15) is 0 Å². The average molecular weight is 268 g/mol. The molecule has 0 aliphatic carbocycles. The van der Waals surface area contributed by atoms with Crippen LogP contribution in [0, 0.1) is 0 Å². The van der Waals surface area contributed by atoms with Gasteiger partial charge in [-0.15, -0.1) is 0 Å². The predicted molar refractivity (Wildman–Crippen MR) is 68.4 cm³/mol. The maximum atomic E-state index is 10.1. The molecule has 0 radical (unpaired) electrons. The van der Waals surface area contributed by atoms with E-state index < -0.39 is 36.6 Å². The molecule has 1 aromatic rings. The van der Waals surface area contributed by atoms with Gasteiger partial charge in [0.25, 0.3) is 0 Å². The minimum Gasteiger partial charge on any atom is -0.388 e. The number of hydrogen-bond acceptors (Lipinski definition) is 5. The van der Waals surface area contributed by atoms with Gasteiger partial charge in [0, 0.05) is 6.42 Å². The van der Waals surface area contributed by atoms with E-state index in [1.54, 1.807) is 19.1 Å². The van der Waals surface area contributed by atoms with E-state index in [9.17, 15) is 20.4 Å². The fourth-order valence-electron chi connectivity index (χ4n) is 2.36. The molecular weight excluding hydrogens is 248 g/mol. The van der Waals surface area contributed by atoms with E-state index in [-0.39, 0.29) is 6.42 Å². The highest BCUT2D eigenvalue weighted by molar-refractivity contribution is 5.17. The van der Waals surface area contributed by atoms with Gasteiger partial charge in [0.1, 0.15) is 18.3 Å². The van der Waals surface area contributed by atoms with E-state index >= 15 is 0 Å². The highest BCUT2D eigenvalue weighted by Crippen LogP contribution is 2.28. The number of benzene rings is 1. The van der Waals surface area contributed by atoms with Crippen molar-refractivity contribution in [3.05, 3.63) is 35.9 Å². The molecule has 0 bridgehead atoms. The van der Waals surface area contributed by atoms with E-state index in [0.717, 1.165) is 5.56 Å². The Labute approximate surface area is 112 Å². The number of hydrogen-bond donors (Lipinski definition) is 4. The minimum atomic E-state index is -1.25. The third-order valence-corrected chi connectivity index (χ3v) is 3.59. The molecule has 1 heterocycles. The number of rotatable bonds is 3. The van der Waals surface area contributed by atoms with Crippen LogP contribution in [-0.2, 0) is 4.74 Å². The summed E-state index contributed by atoms with van der Waals surface area (Å²) < 4.78 is 5.45. The molecule has 0 aromatic heterocycles. The summed E-state index contributed by atoms with van der Waals surface area (Å²) in [5.74, 6) is 0. The van der Waals surface area contributed by atoms with Gasteiger partial charge >= 0.3 is 0 Å². The zero-order valence-electron chi connectivity index (χ0n) is 10.8. The largest absolute Gasteiger partial charge is 0.388 e. The Bertz CT molecular complexity index is 396. The average Bonchev–Trinajstić information content (AvgIpc) is 2.43. The summed E-state index contributed by atoms with van der Waals surface area (Å²) in [7, 11) is 0. The number of aliphatic hydroxyl groups excluding tert-OH is 4. The van der Waals surface area contributed by atoms with Gasteiger partial charge in [-0.3, -0.25) is 0 Å². The first-order chi connectivity index (χ1) is 9.00. The van der Waals surface area contributed by atoms with Crippen molar-refractivity contribution in [2.45, 2.75) is 50.0 Å². The highest BCUT2D eigenvalue weighted by Gasteiger charge is 2.42. The van der Waals surface area contributed by atoms with Gasteiger partial charge < -0.3 is 25.2 Å². The summed E-state index contributed by atoms with van der Waals surface area (Å²) in [6.45, 7) is 1.63. The molecule has 2 rings (SSSR count). The van der Waals surface area contributed by atoms with E-state index in [0.29, 0.717) is 0 Å². The second-order valence-corrected chi connectivity index (χ2v) is 5.01. The molecule has 1 saturated heterocycles. The summed E-state index contributed by atoms with van der Waals surface area (Å²) >= 11 is 0. The minimum absolute atomic E-state index is 0.166. The van der Waals surface area contributed by atoms with Crippen molar-refractivity contribution in [1.82, 2.24) is 0 Å². The maximum Gasteiger partial charge on any atom is 0.111 e. The molecule has 1 aromatic carbocycles. The lowest BCUT2D eigenvalue weighted by molar-refractivity contribution is -0.222. The first kappa shape index (κ1) is 14.4. The Morgan fingerprint density at radius 3 is 2.32 bits per heavy atom. The smallest absolute Gasteiger partial charge is 0.111 e. The quantitative estimate of drug-likeness (QED) is 0.618.